The van der Waals surface area contributed by atoms with Crippen molar-refractivity contribution in [3.8, 4) is 0 Å². The largest absolute Gasteiger partial charge is 3.00 e. The normalized spacial score (nSPS) is 12.4. The average Bonchev–Trinajstić information content (AvgIpc) is 1.25. The van der Waals surface area contributed by atoms with Crippen LogP contribution in [0.25, 0.3) is 0 Å². The van der Waals surface area contributed by atoms with Crippen LogP contribution in [0.4, 0.5) is 13.2 Å². The topological polar surface area (TPSA) is 54.4 Å². The summed E-state index contributed by atoms with van der Waals surface area (Å²) in [5, 5.41) is 0. The Balaban J connectivity index is 0. The van der Waals surface area contributed by atoms with E-state index in [1.807, 2.05) is 0 Å². The maximum Gasteiger partial charge on any atom is 3.00 e. The van der Waals surface area contributed by atoms with Crippen LogP contribution in [0.3, 0.4) is 0 Å². The Morgan fingerprint density at radius 3 is 1.33 bits per heavy atom. The Hall–Kier alpha value is 0.440. The van der Waals surface area contributed by atoms with Crippen LogP contribution in [0.5, 0.6) is 0 Å². The first-order valence-electron chi connectivity index (χ1n) is 1.29. The van der Waals surface area contributed by atoms with Crippen LogP contribution in [-0.4, -0.2) is 18.5 Å². The molecule has 1 N–H and O–H groups in total. The first-order valence-corrected chi connectivity index (χ1v) is 2.73. The first-order chi connectivity index (χ1) is 3.25. The molecule has 0 aliphatic heterocycles. The van der Waals surface area contributed by atoms with Crippen molar-refractivity contribution < 1.29 is 48.5 Å². The molecule has 0 aromatic heterocycles. The van der Waals surface area contributed by atoms with Gasteiger partial charge in [0.1, 0.15) is 0 Å². The molecule has 0 saturated heterocycles. The van der Waals surface area contributed by atoms with E-state index >= 15 is 0 Å². The molecule has 0 fully saturated rings. The number of rotatable bonds is 0. The summed E-state index contributed by atoms with van der Waals surface area (Å²) in [5.74, 6) is 0. The summed E-state index contributed by atoms with van der Waals surface area (Å²) in [6.07, 6.45) is 0. The van der Waals surface area contributed by atoms with Gasteiger partial charge in [-0.25, -0.2) is 0 Å². The number of alkyl halides is 3. The minimum Gasteiger partial charge on any atom is -0.279 e. The standard InChI is InChI=1S/CHF3O3S.Au/c2-1(3,4)8(5,6)7;/h(H,5,6,7);/q;+3. The molecule has 0 spiro atoms. The van der Waals surface area contributed by atoms with E-state index in [-0.39, 0.29) is 22.4 Å². The molecular formula is CHAuF3O3S+3. The zero-order valence-electron chi connectivity index (χ0n) is 3.61. The second-order valence-corrected chi connectivity index (χ2v) is 2.33. The molecule has 0 rings (SSSR count). The van der Waals surface area contributed by atoms with Gasteiger partial charge in [0.15, 0.2) is 0 Å². The zero-order valence-corrected chi connectivity index (χ0v) is 6.59. The maximum atomic E-state index is 10.7. The van der Waals surface area contributed by atoms with E-state index in [1.165, 1.54) is 0 Å². The van der Waals surface area contributed by atoms with Crippen molar-refractivity contribution in [1.29, 1.82) is 0 Å². The second kappa shape index (κ2) is 3.02. The smallest absolute Gasteiger partial charge is 0.279 e. The molecule has 0 atom stereocenters. The molecular weight excluding hydrogens is 346 g/mol. The van der Waals surface area contributed by atoms with Gasteiger partial charge in [-0.3, -0.25) is 4.55 Å². The summed E-state index contributed by atoms with van der Waals surface area (Å²) in [6, 6.07) is 0. The van der Waals surface area contributed by atoms with Gasteiger partial charge in [-0.1, -0.05) is 0 Å². The number of halogens is 3. The van der Waals surface area contributed by atoms with Crippen molar-refractivity contribution in [3.05, 3.63) is 0 Å². The summed E-state index contributed by atoms with van der Waals surface area (Å²) >= 11 is 0. The second-order valence-electron chi connectivity index (χ2n) is 0.921. The third kappa shape index (κ3) is 3.93. The van der Waals surface area contributed by atoms with E-state index in [2.05, 4.69) is 0 Å². The monoisotopic (exact) mass is 347 g/mol. The van der Waals surface area contributed by atoms with Crippen molar-refractivity contribution in [1.82, 2.24) is 0 Å². The Labute approximate surface area is 64.5 Å². The summed E-state index contributed by atoms with van der Waals surface area (Å²) in [6.45, 7) is 0. The molecule has 0 unspecified atom stereocenters. The molecule has 0 amide bonds. The Kier molecular flexibility index (Phi) is 4.08. The number of hydrogen-bond donors (Lipinski definition) is 1. The predicted octanol–water partition coefficient (Wildman–Crippen LogP) is 0.392. The molecule has 3 nitrogen and oxygen atoms in total. The van der Waals surface area contributed by atoms with E-state index in [4.69, 9.17) is 13.0 Å². The van der Waals surface area contributed by atoms with Crippen LogP contribution < -0.4 is 0 Å². The van der Waals surface area contributed by atoms with Crippen molar-refractivity contribution >= 4 is 10.1 Å². The quantitative estimate of drug-likeness (QED) is 0.392. The maximum absolute atomic E-state index is 10.7. The van der Waals surface area contributed by atoms with E-state index in [9.17, 15) is 13.2 Å². The van der Waals surface area contributed by atoms with Gasteiger partial charge in [0.05, 0.1) is 0 Å². The van der Waals surface area contributed by atoms with Crippen molar-refractivity contribution in [2.24, 2.45) is 0 Å². The Morgan fingerprint density at radius 1 is 1.22 bits per heavy atom. The van der Waals surface area contributed by atoms with Gasteiger partial charge in [0.2, 0.25) is 0 Å². The fourth-order valence-corrected chi connectivity index (χ4v) is 0. The molecule has 58 valence electrons. The van der Waals surface area contributed by atoms with E-state index in [0.29, 0.717) is 0 Å². The molecule has 0 aromatic carbocycles. The SMILES string of the molecule is O=S(=O)(O)C(F)(F)F.[Au+3]. The van der Waals surface area contributed by atoms with E-state index in [1.54, 1.807) is 0 Å². The average molecular weight is 347 g/mol. The van der Waals surface area contributed by atoms with E-state index < -0.39 is 15.6 Å². The van der Waals surface area contributed by atoms with Crippen molar-refractivity contribution in [2.45, 2.75) is 5.51 Å². The van der Waals surface area contributed by atoms with Gasteiger partial charge in [-0.2, -0.15) is 21.6 Å². The van der Waals surface area contributed by atoms with Gasteiger partial charge < -0.3 is 0 Å². The molecule has 0 radical (unpaired) electrons. The molecule has 0 aliphatic carbocycles. The Morgan fingerprint density at radius 2 is 1.33 bits per heavy atom. The zero-order chi connectivity index (χ0) is 7.00. The van der Waals surface area contributed by atoms with Crippen LogP contribution >= 0.6 is 0 Å². The van der Waals surface area contributed by atoms with Gasteiger partial charge in [-0.05, 0) is 0 Å². The minimum absolute atomic E-state index is 0. The summed E-state index contributed by atoms with van der Waals surface area (Å²) < 4.78 is 57.5. The van der Waals surface area contributed by atoms with Crippen molar-refractivity contribution in [2.75, 3.05) is 0 Å². The van der Waals surface area contributed by atoms with Crippen LogP contribution in [0.1, 0.15) is 0 Å². The molecule has 9 heavy (non-hydrogen) atoms. The summed E-state index contributed by atoms with van der Waals surface area (Å²) in [7, 11) is -5.84. The Bertz CT molecular complexity index is 168. The summed E-state index contributed by atoms with van der Waals surface area (Å²) in [4.78, 5) is 0. The van der Waals surface area contributed by atoms with Gasteiger partial charge >= 0.3 is 38.0 Å². The summed E-state index contributed by atoms with van der Waals surface area (Å²) in [5.41, 5.74) is -5.53. The molecule has 0 heterocycles. The van der Waals surface area contributed by atoms with Crippen LogP contribution in [0, 0.1) is 0 Å². The fraction of sp³-hybridized carbons (Fsp3) is 1.00. The van der Waals surface area contributed by atoms with Crippen LogP contribution in [0.15, 0.2) is 0 Å². The van der Waals surface area contributed by atoms with Gasteiger partial charge in [0.25, 0.3) is 0 Å². The van der Waals surface area contributed by atoms with Crippen LogP contribution in [0.2, 0.25) is 0 Å². The third-order valence-corrected chi connectivity index (χ3v) is 0.877. The molecule has 0 bridgehead atoms. The molecule has 0 aliphatic rings. The molecule has 0 saturated carbocycles. The minimum atomic E-state index is -5.84. The van der Waals surface area contributed by atoms with E-state index in [0.717, 1.165) is 0 Å². The number of hydrogen-bond acceptors (Lipinski definition) is 2. The van der Waals surface area contributed by atoms with Gasteiger partial charge in [0, 0.05) is 0 Å². The third-order valence-electron chi connectivity index (χ3n) is 0.292. The van der Waals surface area contributed by atoms with Gasteiger partial charge in [-0.15, -0.1) is 0 Å². The van der Waals surface area contributed by atoms with Crippen LogP contribution in [-0.2, 0) is 32.5 Å². The predicted molar refractivity (Wildman–Crippen MR) is 17.6 cm³/mol. The molecule has 0 aromatic rings. The first kappa shape index (κ1) is 12.1. The molecule has 8 heteroatoms. The van der Waals surface area contributed by atoms with Crippen molar-refractivity contribution in [3.63, 3.8) is 0 Å². The fourth-order valence-electron chi connectivity index (χ4n) is 0.